The molecule has 0 aliphatic rings. The predicted octanol–water partition coefficient (Wildman–Crippen LogP) is 4.60. The van der Waals surface area contributed by atoms with Crippen LogP contribution < -0.4 is 4.74 Å². The van der Waals surface area contributed by atoms with Crippen LogP contribution in [0.2, 0.25) is 0 Å². The molecule has 0 aliphatic heterocycles. The number of rotatable bonds is 3. The molecule has 0 aliphatic carbocycles. The number of halogens is 3. The minimum Gasteiger partial charge on any atom is -0.424 e. The average Bonchev–Trinajstić information content (AvgIpc) is 3.10. The van der Waals surface area contributed by atoms with Gasteiger partial charge in [-0.1, -0.05) is 6.07 Å². The molecular formula is C18H11F3N4O. The van der Waals surface area contributed by atoms with Gasteiger partial charge in [-0.15, -0.1) is 0 Å². The van der Waals surface area contributed by atoms with Gasteiger partial charge in [-0.2, -0.15) is 13.2 Å². The lowest BCUT2D eigenvalue weighted by Gasteiger charge is -2.09. The van der Waals surface area contributed by atoms with E-state index >= 15 is 0 Å². The summed E-state index contributed by atoms with van der Waals surface area (Å²) in [6, 6.07) is 8.29. The number of hydrogen-bond donors (Lipinski definition) is 0. The van der Waals surface area contributed by atoms with E-state index in [9.17, 15) is 13.2 Å². The lowest BCUT2D eigenvalue weighted by molar-refractivity contribution is -0.137. The van der Waals surface area contributed by atoms with Crippen LogP contribution in [0.25, 0.3) is 16.8 Å². The lowest BCUT2D eigenvalue weighted by Crippen LogP contribution is -2.04. The van der Waals surface area contributed by atoms with Crippen molar-refractivity contribution in [3.05, 3.63) is 72.9 Å². The Balaban J connectivity index is 1.56. The SMILES string of the molecule is FC(F)(F)c1cccc(Oc2ncc(-c3ccc4nccn4c3)cn2)c1. The van der Waals surface area contributed by atoms with Crippen molar-refractivity contribution in [3.8, 4) is 22.9 Å². The zero-order chi connectivity index (χ0) is 18.1. The molecule has 0 saturated carbocycles. The van der Waals surface area contributed by atoms with Crippen molar-refractivity contribution >= 4 is 5.65 Å². The molecule has 0 spiro atoms. The number of aromatic nitrogens is 4. The van der Waals surface area contributed by atoms with Crippen LogP contribution in [0.3, 0.4) is 0 Å². The number of ether oxygens (including phenoxy) is 1. The van der Waals surface area contributed by atoms with Gasteiger partial charge in [0.2, 0.25) is 0 Å². The Morgan fingerprint density at radius 2 is 1.73 bits per heavy atom. The quantitative estimate of drug-likeness (QED) is 0.538. The van der Waals surface area contributed by atoms with Crippen molar-refractivity contribution in [2.75, 3.05) is 0 Å². The molecule has 1 aromatic carbocycles. The number of nitrogens with zero attached hydrogens (tertiary/aromatic N) is 4. The number of imidazole rings is 1. The molecule has 8 heteroatoms. The van der Waals surface area contributed by atoms with Gasteiger partial charge in [0.25, 0.3) is 0 Å². The van der Waals surface area contributed by atoms with Crippen molar-refractivity contribution in [1.82, 2.24) is 19.4 Å². The number of alkyl halides is 3. The van der Waals surface area contributed by atoms with Crippen LogP contribution >= 0.6 is 0 Å². The van der Waals surface area contributed by atoms with Crippen molar-refractivity contribution in [3.63, 3.8) is 0 Å². The molecule has 0 radical (unpaired) electrons. The molecule has 26 heavy (non-hydrogen) atoms. The molecule has 0 atom stereocenters. The van der Waals surface area contributed by atoms with E-state index in [1.54, 1.807) is 18.6 Å². The van der Waals surface area contributed by atoms with Gasteiger partial charge in [-0.05, 0) is 30.3 Å². The van der Waals surface area contributed by atoms with E-state index in [1.807, 2.05) is 28.9 Å². The van der Waals surface area contributed by atoms with Crippen LogP contribution in [-0.4, -0.2) is 19.4 Å². The molecule has 5 nitrogen and oxygen atoms in total. The Hall–Kier alpha value is -3.42. The summed E-state index contributed by atoms with van der Waals surface area (Å²) >= 11 is 0. The molecule has 4 rings (SSSR count). The van der Waals surface area contributed by atoms with E-state index in [4.69, 9.17) is 4.74 Å². The van der Waals surface area contributed by atoms with E-state index in [0.29, 0.717) is 0 Å². The molecule has 0 saturated heterocycles. The Morgan fingerprint density at radius 3 is 2.50 bits per heavy atom. The largest absolute Gasteiger partial charge is 0.424 e. The standard InChI is InChI=1S/C18H11F3N4O/c19-18(20,21)14-2-1-3-15(8-14)26-17-23-9-13(10-24-17)12-4-5-16-22-6-7-25(16)11-12/h1-11H. The molecule has 0 N–H and O–H groups in total. The van der Waals surface area contributed by atoms with Crippen molar-refractivity contribution in [2.45, 2.75) is 6.18 Å². The van der Waals surface area contributed by atoms with Gasteiger partial charge in [-0.3, -0.25) is 0 Å². The summed E-state index contributed by atoms with van der Waals surface area (Å²) in [7, 11) is 0. The van der Waals surface area contributed by atoms with Crippen molar-refractivity contribution in [2.24, 2.45) is 0 Å². The van der Waals surface area contributed by atoms with E-state index in [-0.39, 0.29) is 11.8 Å². The van der Waals surface area contributed by atoms with Crippen molar-refractivity contribution in [1.29, 1.82) is 0 Å². The second kappa shape index (κ2) is 6.14. The van der Waals surface area contributed by atoms with Crippen LogP contribution in [0.1, 0.15) is 5.56 Å². The molecule has 0 bridgehead atoms. The Morgan fingerprint density at radius 1 is 0.923 bits per heavy atom. The summed E-state index contributed by atoms with van der Waals surface area (Å²) in [5.41, 5.74) is 1.65. The number of benzene rings is 1. The molecule has 4 aromatic rings. The van der Waals surface area contributed by atoms with Crippen LogP contribution in [0.5, 0.6) is 11.8 Å². The smallest absolute Gasteiger partial charge is 0.416 e. The minimum absolute atomic E-state index is 0.0208. The Bertz CT molecular complexity index is 1060. The minimum atomic E-state index is -4.43. The average molecular weight is 356 g/mol. The Kier molecular flexibility index (Phi) is 3.80. The maximum Gasteiger partial charge on any atom is 0.416 e. The molecule has 0 fully saturated rings. The predicted molar refractivity (Wildman–Crippen MR) is 87.7 cm³/mol. The number of pyridine rings is 1. The maximum atomic E-state index is 12.7. The molecule has 3 heterocycles. The van der Waals surface area contributed by atoms with Crippen LogP contribution in [0.15, 0.2) is 67.4 Å². The zero-order valence-electron chi connectivity index (χ0n) is 13.2. The van der Waals surface area contributed by atoms with E-state index in [0.717, 1.165) is 28.9 Å². The first-order chi connectivity index (χ1) is 12.5. The van der Waals surface area contributed by atoms with Gasteiger partial charge < -0.3 is 9.14 Å². The lowest BCUT2D eigenvalue weighted by atomic mass is 10.1. The normalized spacial score (nSPS) is 11.7. The molecule has 0 unspecified atom stereocenters. The van der Waals surface area contributed by atoms with Gasteiger partial charge in [0.05, 0.1) is 5.56 Å². The molecule has 130 valence electrons. The molecule has 3 aromatic heterocycles. The van der Waals surface area contributed by atoms with E-state index in [1.165, 1.54) is 12.1 Å². The third kappa shape index (κ3) is 3.21. The topological polar surface area (TPSA) is 52.3 Å². The highest BCUT2D eigenvalue weighted by Gasteiger charge is 2.30. The fourth-order valence-corrected chi connectivity index (χ4v) is 2.45. The highest BCUT2D eigenvalue weighted by atomic mass is 19.4. The zero-order valence-corrected chi connectivity index (χ0v) is 13.2. The van der Waals surface area contributed by atoms with Gasteiger partial charge in [0.1, 0.15) is 11.4 Å². The molecule has 0 amide bonds. The van der Waals surface area contributed by atoms with Crippen molar-refractivity contribution < 1.29 is 17.9 Å². The highest BCUT2D eigenvalue weighted by molar-refractivity contribution is 5.63. The number of fused-ring (bicyclic) bond motifs is 1. The highest BCUT2D eigenvalue weighted by Crippen LogP contribution is 2.32. The third-order valence-electron chi connectivity index (χ3n) is 3.72. The fraction of sp³-hybridized carbons (Fsp3) is 0.0556. The first kappa shape index (κ1) is 16.1. The summed E-state index contributed by atoms with van der Waals surface area (Å²) in [5.74, 6) is 0.0208. The maximum absolute atomic E-state index is 12.7. The monoisotopic (exact) mass is 356 g/mol. The third-order valence-corrected chi connectivity index (χ3v) is 3.72. The van der Waals surface area contributed by atoms with Crippen LogP contribution in [0, 0.1) is 0 Å². The van der Waals surface area contributed by atoms with Gasteiger partial charge in [0.15, 0.2) is 0 Å². The summed E-state index contributed by atoms with van der Waals surface area (Å²) in [4.78, 5) is 12.3. The van der Waals surface area contributed by atoms with Gasteiger partial charge in [-0.25, -0.2) is 15.0 Å². The first-order valence-corrected chi connectivity index (χ1v) is 7.59. The second-order valence-electron chi connectivity index (χ2n) is 5.49. The summed E-state index contributed by atoms with van der Waals surface area (Å²) < 4.78 is 45.4. The number of hydrogen-bond acceptors (Lipinski definition) is 4. The summed E-state index contributed by atoms with van der Waals surface area (Å²) in [5, 5.41) is 0. The van der Waals surface area contributed by atoms with Gasteiger partial charge in [0, 0.05) is 42.1 Å². The van der Waals surface area contributed by atoms with Crippen LogP contribution in [-0.2, 0) is 6.18 Å². The Labute approximate surface area is 145 Å². The first-order valence-electron chi connectivity index (χ1n) is 7.59. The molecular weight excluding hydrogens is 345 g/mol. The van der Waals surface area contributed by atoms with Gasteiger partial charge >= 0.3 is 12.2 Å². The second-order valence-corrected chi connectivity index (χ2v) is 5.49. The summed E-state index contributed by atoms with van der Waals surface area (Å²) in [6.07, 6.45) is 4.07. The van der Waals surface area contributed by atoms with Crippen LogP contribution in [0.4, 0.5) is 13.2 Å². The van der Waals surface area contributed by atoms with E-state index < -0.39 is 11.7 Å². The van der Waals surface area contributed by atoms with E-state index in [2.05, 4.69) is 15.0 Å². The fourth-order valence-electron chi connectivity index (χ4n) is 2.45. The summed E-state index contributed by atoms with van der Waals surface area (Å²) in [6.45, 7) is 0.